The van der Waals surface area contributed by atoms with Gasteiger partial charge >= 0.3 is 0 Å². The lowest BCUT2D eigenvalue weighted by atomic mass is 10.3. The molecular weight excluding hydrogens is 300 g/mol. The van der Waals surface area contributed by atoms with E-state index in [0.717, 1.165) is 25.6 Å². The fourth-order valence-corrected chi connectivity index (χ4v) is 2.58. The molecule has 1 aliphatic rings. The first kappa shape index (κ1) is 16.7. The van der Waals surface area contributed by atoms with E-state index >= 15 is 0 Å². The standard InChI is InChI=1S/C15H24N4O2S/c1-12(22-3)11-17-15(16-2)19-8-6-18(7-9-19)14(20)13-5-4-10-21-13/h4-5,10,12H,6-9,11H2,1-3H3,(H,16,17). The van der Waals surface area contributed by atoms with Gasteiger partial charge in [0.05, 0.1) is 6.26 Å². The predicted molar refractivity (Wildman–Crippen MR) is 90.5 cm³/mol. The minimum Gasteiger partial charge on any atom is -0.459 e. The largest absolute Gasteiger partial charge is 0.459 e. The molecule has 0 saturated carbocycles. The SMILES string of the molecule is CN=C(NCC(C)SC)N1CCN(C(=O)c2ccco2)CC1. The highest BCUT2D eigenvalue weighted by Crippen LogP contribution is 2.10. The maximum Gasteiger partial charge on any atom is 0.289 e. The van der Waals surface area contributed by atoms with Crippen molar-refractivity contribution in [2.45, 2.75) is 12.2 Å². The third-order valence-electron chi connectivity index (χ3n) is 3.76. The Morgan fingerprint density at radius 2 is 2.09 bits per heavy atom. The Kier molecular flexibility index (Phi) is 6.18. The molecule has 1 saturated heterocycles. The molecule has 6 nitrogen and oxygen atoms in total. The van der Waals surface area contributed by atoms with Gasteiger partial charge in [-0.25, -0.2) is 0 Å². The third-order valence-corrected chi connectivity index (χ3v) is 4.73. The van der Waals surface area contributed by atoms with Crippen molar-refractivity contribution in [3.05, 3.63) is 24.2 Å². The second-order valence-electron chi connectivity index (χ2n) is 5.23. The summed E-state index contributed by atoms with van der Waals surface area (Å²) in [5.74, 6) is 1.28. The van der Waals surface area contributed by atoms with Crippen LogP contribution in [0.4, 0.5) is 0 Å². The summed E-state index contributed by atoms with van der Waals surface area (Å²) in [5, 5.41) is 3.93. The maximum atomic E-state index is 12.2. The molecule has 1 aliphatic heterocycles. The topological polar surface area (TPSA) is 61.1 Å². The van der Waals surface area contributed by atoms with E-state index < -0.39 is 0 Å². The smallest absolute Gasteiger partial charge is 0.289 e. The van der Waals surface area contributed by atoms with Gasteiger partial charge < -0.3 is 19.5 Å². The molecule has 0 radical (unpaired) electrons. The van der Waals surface area contributed by atoms with Gasteiger partial charge in [-0.15, -0.1) is 0 Å². The fourth-order valence-electron chi connectivity index (χ4n) is 2.33. The van der Waals surface area contributed by atoms with Gasteiger partial charge in [0, 0.05) is 45.0 Å². The molecule has 1 atom stereocenters. The van der Waals surface area contributed by atoms with Crippen LogP contribution < -0.4 is 5.32 Å². The molecule has 1 fully saturated rings. The van der Waals surface area contributed by atoms with Gasteiger partial charge in [-0.2, -0.15) is 11.8 Å². The molecule has 0 aliphatic carbocycles. The number of furan rings is 1. The Bertz CT molecular complexity index is 496. The number of nitrogens with one attached hydrogen (secondary N) is 1. The average molecular weight is 324 g/mol. The van der Waals surface area contributed by atoms with E-state index in [0.29, 0.717) is 24.1 Å². The lowest BCUT2D eigenvalue weighted by Crippen LogP contribution is -2.54. The highest BCUT2D eigenvalue weighted by molar-refractivity contribution is 7.99. The number of thioether (sulfide) groups is 1. The first-order chi connectivity index (χ1) is 10.7. The first-order valence-corrected chi connectivity index (χ1v) is 8.75. The first-order valence-electron chi connectivity index (χ1n) is 7.47. The predicted octanol–water partition coefficient (Wildman–Crippen LogP) is 1.36. The summed E-state index contributed by atoms with van der Waals surface area (Å²) in [7, 11) is 1.80. The van der Waals surface area contributed by atoms with Gasteiger partial charge in [-0.05, 0) is 18.4 Å². The molecule has 2 rings (SSSR count). The van der Waals surface area contributed by atoms with E-state index in [1.54, 1.807) is 19.2 Å². The molecule has 1 amide bonds. The fraction of sp³-hybridized carbons (Fsp3) is 0.600. The lowest BCUT2D eigenvalue weighted by Gasteiger charge is -2.36. The van der Waals surface area contributed by atoms with Crippen LogP contribution in [-0.2, 0) is 0 Å². The second-order valence-corrected chi connectivity index (χ2v) is 6.51. The minimum atomic E-state index is -0.0383. The molecule has 0 bridgehead atoms. The van der Waals surface area contributed by atoms with E-state index in [1.165, 1.54) is 6.26 Å². The van der Waals surface area contributed by atoms with Crippen LogP contribution in [0.1, 0.15) is 17.5 Å². The van der Waals surface area contributed by atoms with Crippen molar-refractivity contribution in [1.29, 1.82) is 0 Å². The molecule has 1 N–H and O–H groups in total. The zero-order chi connectivity index (χ0) is 15.9. The van der Waals surface area contributed by atoms with Crippen LogP contribution in [0.5, 0.6) is 0 Å². The zero-order valence-electron chi connectivity index (χ0n) is 13.4. The van der Waals surface area contributed by atoms with Crippen LogP contribution in [0.15, 0.2) is 27.8 Å². The molecule has 7 heteroatoms. The van der Waals surface area contributed by atoms with Crippen molar-refractivity contribution in [1.82, 2.24) is 15.1 Å². The van der Waals surface area contributed by atoms with Gasteiger partial charge in [0.2, 0.25) is 0 Å². The van der Waals surface area contributed by atoms with E-state index in [9.17, 15) is 4.79 Å². The molecule has 0 spiro atoms. The molecule has 1 unspecified atom stereocenters. The van der Waals surface area contributed by atoms with Crippen molar-refractivity contribution in [2.75, 3.05) is 46.0 Å². The van der Waals surface area contributed by atoms with Crippen LogP contribution in [0, 0.1) is 0 Å². The second kappa shape index (κ2) is 8.12. The van der Waals surface area contributed by atoms with Gasteiger partial charge in [0.1, 0.15) is 0 Å². The summed E-state index contributed by atoms with van der Waals surface area (Å²) >= 11 is 1.83. The summed E-state index contributed by atoms with van der Waals surface area (Å²) in [5.41, 5.74) is 0. The average Bonchev–Trinajstić information content (AvgIpc) is 3.09. The Morgan fingerprint density at radius 1 is 1.41 bits per heavy atom. The number of piperazine rings is 1. The van der Waals surface area contributed by atoms with Gasteiger partial charge in [-0.3, -0.25) is 9.79 Å². The summed E-state index contributed by atoms with van der Waals surface area (Å²) < 4.78 is 5.18. The van der Waals surface area contributed by atoms with Crippen molar-refractivity contribution < 1.29 is 9.21 Å². The van der Waals surface area contributed by atoms with Crippen molar-refractivity contribution in [3.63, 3.8) is 0 Å². The summed E-state index contributed by atoms with van der Waals surface area (Å²) in [6.45, 7) is 5.99. The van der Waals surface area contributed by atoms with E-state index in [1.807, 2.05) is 16.7 Å². The maximum absolute atomic E-state index is 12.2. The number of hydrogen-bond donors (Lipinski definition) is 1. The number of amides is 1. The number of aliphatic imine (C=N–C) groups is 1. The Labute approximate surface area is 135 Å². The van der Waals surface area contributed by atoms with Crippen molar-refractivity contribution >= 4 is 23.6 Å². The van der Waals surface area contributed by atoms with E-state index in [2.05, 4.69) is 28.4 Å². The molecular formula is C15H24N4O2S. The number of hydrogen-bond acceptors (Lipinski definition) is 4. The number of carbonyl (C=O) groups is 1. The number of rotatable bonds is 4. The summed E-state index contributed by atoms with van der Waals surface area (Å²) in [6, 6.07) is 3.45. The normalized spacial score (nSPS) is 17.5. The van der Waals surface area contributed by atoms with Gasteiger partial charge in [-0.1, -0.05) is 6.92 Å². The monoisotopic (exact) mass is 324 g/mol. The van der Waals surface area contributed by atoms with Crippen LogP contribution in [-0.4, -0.2) is 72.9 Å². The lowest BCUT2D eigenvalue weighted by molar-refractivity contribution is 0.0658. The van der Waals surface area contributed by atoms with Crippen LogP contribution >= 0.6 is 11.8 Å². The Hall–Kier alpha value is -1.63. The molecule has 1 aromatic heterocycles. The van der Waals surface area contributed by atoms with E-state index in [4.69, 9.17) is 4.42 Å². The quantitative estimate of drug-likeness (QED) is 0.669. The van der Waals surface area contributed by atoms with Crippen LogP contribution in [0.25, 0.3) is 0 Å². The summed E-state index contributed by atoms with van der Waals surface area (Å²) in [4.78, 5) is 20.6. The van der Waals surface area contributed by atoms with Crippen LogP contribution in [0.2, 0.25) is 0 Å². The van der Waals surface area contributed by atoms with Crippen molar-refractivity contribution in [3.8, 4) is 0 Å². The Balaban J connectivity index is 1.84. The number of guanidine groups is 1. The van der Waals surface area contributed by atoms with Gasteiger partial charge in [0.15, 0.2) is 11.7 Å². The molecule has 1 aromatic rings. The molecule has 22 heavy (non-hydrogen) atoms. The van der Waals surface area contributed by atoms with Crippen molar-refractivity contribution in [2.24, 2.45) is 4.99 Å². The summed E-state index contributed by atoms with van der Waals surface area (Å²) in [6.07, 6.45) is 3.64. The molecule has 2 heterocycles. The Morgan fingerprint density at radius 3 is 2.64 bits per heavy atom. The minimum absolute atomic E-state index is 0.0383. The number of nitrogens with zero attached hydrogens (tertiary/aromatic N) is 3. The third kappa shape index (κ3) is 4.19. The highest BCUT2D eigenvalue weighted by Gasteiger charge is 2.25. The highest BCUT2D eigenvalue weighted by atomic mass is 32.2. The van der Waals surface area contributed by atoms with E-state index in [-0.39, 0.29) is 5.91 Å². The molecule has 0 aromatic carbocycles. The van der Waals surface area contributed by atoms with Crippen LogP contribution in [0.3, 0.4) is 0 Å². The molecule has 122 valence electrons. The van der Waals surface area contributed by atoms with Gasteiger partial charge in [0.25, 0.3) is 5.91 Å². The zero-order valence-corrected chi connectivity index (χ0v) is 14.2. The number of carbonyl (C=O) groups excluding carboxylic acids is 1.